The fraction of sp³-hybridized carbons (Fsp3) is 0.541. The Morgan fingerprint density at radius 2 is 1.72 bits per heavy atom. The largest absolute Gasteiger partial charge is 0.459 e. The van der Waals surface area contributed by atoms with Gasteiger partial charge in [0.1, 0.15) is 12.6 Å². The predicted octanol–water partition coefficient (Wildman–Crippen LogP) is 5.67. The number of likely N-dealkylation sites (tertiary alicyclic amines) is 1. The number of esters is 1. The molecule has 250 valence electrons. The molecule has 1 saturated heterocycles. The van der Waals surface area contributed by atoms with Crippen LogP contribution in [0.25, 0.3) is 10.9 Å². The summed E-state index contributed by atoms with van der Waals surface area (Å²) < 4.78 is 17.4. The SMILES string of the molecule is CCC(C)[C@H](C)C(CC(=O)N1CCCC1C(OC)C(C)C(=O)N[C@@H](Cc1c[nH]c2ccccc12)C(=O)OCc1ccccc1)OC. The van der Waals surface area contributed by atoms with E-state index >= 15 is 0 Å². The van der Waals surface area contributed by atoms with Gasteiger partial charge in [0.25, 0.3) is 0 Å². The van der Waals surface area contributed by atoms with Crippen LogP contribution in [0.4, 0.5) is 0 Å². The summed E-state index contributed by atoms with van der Waals surface area (Å²) in [6, 6.07) is 16.1. The maximum absolute atomic E-state index is 13.8. The summed E-state index contributed by atoms with van der Waals surface area (Å²) in [5.74, 6) is -0.790. The molecular weight excluding hydrogens is 582 g/mol. The quantitative estimate of drug-likeness (QED) is 0.197. The number of benzene rings is 2. The number of fused-ring (bicyclic) bond motifs is 1. The van der Waals surface area contributed by atoms with Gasteiger partial charge in [-0.2, -0.15) is 0 Å². The lowest BCUT2D eigenvalue weighted by molar-refractivity contribution is -0.150. The van der Waals surface area contributed by atoms with Crippen LogP contribution in [0.1, 0.15) is 64.5 Å². The first kappa shape index (κ1) is 35.2. The first-order valence-corrected chi connectivity index (χ1v) is 16.6. The standard InChI is InChI=1S/C37H51N3O6/c1-7-24(2)25(3)33(44-5)21-34(41)40-19-13-18-32(40)35(45-6)26(4)36(42)39-31(37(43)46-23-27-14-9-8-10-15-27)20-28-22-38-30-17-12-11-16-29(28)30/h8-12,14-17,22,24-26,31-33,35,38H,7,13,18-21,23H2,1-6H3,(H,39,42)/t24?,25-,26?,31-,32?,33?,35?/m0/s1. The summed E-state index contributed by atoms with van der Waals surface area (Å²) in [5.41, 5.74) is 2.72. The zero-order chi connectivity index (χ0) is 33.2. The number of methoxy groups -OCH3 is 2. The Balaban J connectivity index is 1.48. The van der Waals surface area contributed by atoms with Crippen molar-refractivity contribution in [2.45, 2.75) is 90.7 Å². The monoisotopic (exact) mass is 633 g/mol. The number of para-hydroxylation sites is 1. The van der Waals surface area contributed by atoms with Gasteiger partial charge in [0, 0.05) is 44.3 Å². The van der Waals surface area contributed by atoms with Crippen molar-refractivity contribution < 1.29 is 28.6 Å². The van der Waals surface area contributed by atoms with Crippen LogP contribution in [-0.4, -0.2) is 72.7 Å². The highest BCUT2D eigenvalue weighted by Crippen LogP contribution is 2.30. The van der Waals surface area contributed by atoms with E-state index in [1.807, 2.05) is 65.7 Å². The minimum absolute atomic E-state index is 0.0147. The van der Waals surface area contributed by atoms with Crippen molar-refractivity contribution in [1.29, 1.82) is 0 Å². The molecule has 1 aliphatic rings. The number of nitrogens with zero attached hydrogens (tertiary/aromatic N) is 1. The fourth-order valence-corrected chi connectivity index (χ4v) is 6.64. The number of aromatic nitrogens is 1. The zero-order valence-corrected chi connectivity index (χ0v) is 28.2. The lowest BCUT2D eigenvalue weighted by Crippen LogP contribution is -2.53. The van der Waals surface area contributed by atoms with Crippen molar-refractivity contribution in [1.82, 2.24) is 15.2 Å². The third kappa shape index (κ3) is 8.56. The van der Waals surface area contributed by atoms with Gasteiger partial charge in [0.05, 0.1) is 30.6 Å². The normalized spacial score (nSPS) is 18.8. The second-order valence-corrected chi connectivity index (χ2v) is 12.7. The van der Waals surface area contributed by atoms with Crippen molar-refractivity contribution in [3.63, 3.8) is 0 Å². The molecule has 9 heteroatoms. The summed E-state index contributed by atoms with van der Waals surface area (Å²) in [6.07, 6.45) is 4.26. The van der Waals surface area contributed by atoms with Crippen molar-refractivity contribution in [3.05, 3.63) is 71.9 Å². The fourth-order valence-electron chi connectivity index (χ4n) is 6.64. The van der Waals surface area contributed by atoms with Crippen LogP contribution in [0.5, 0.6) is 0 Å². The average molecular weight is 634 g/mol. The second kappa shape index (κ2) is 16.7. The molecule has 2 amide bonds. The molecule has 0 spiro atoms. The number of aromatic amines is 1. The summed E-state index contributed by atoms with van der Waals surface area (Å²) in [7, 11) is 3.25. The van der Waals surface area contributed by atoms with Crippen LogP contribution in [0.3, 0.4) is 0 Å². The van der Waals surface area contributed by atoms with Gasteiger partial charge < -0.3 is 29.4 Å². The Morgan fingerprint density at radius 3 is 2.41 bits per heavy atom. The van der Waals surface area contributed by atoms with E-state index in [1.165, 1.54) is 0 Å². The molecular formula is C37H51N3O6. The van der Waals surface area contributed by atoms with Crippen LogP contribution < -0.4 is 5.32 Å². The second-order valence-electron chi connectivity index (χ2n) is 12.7. The van der Waals surface area contributed by atoms with Crippen LogP contribution in [0, 0.1) is 17.8 Å². The lowest BCUT2D eigenvalue weighted by Gasteiger charge is -2.35. The van der Waals surface area contributed by atoms with E-state index in [4.69, 9.17) is 14.2 Å². The summed E-state index contributed by atoms with van der Waals surface area (Å²) in [6.45, 7) is 8.99. The van der Waals surface area contributed by atoms with E-state index in [-0.39, 0.29) is 49.3 Å². The number of hydrogen-bond donors (Lipinski definition) is 2. The Morgan fingerprint density at radius 1 is 1.00 bits per heavy atom. The maximum Gasteiger partial charge on any atom is 0.329 e. The van der Waals surface area contributed by atoms with Gasteiger partial charge in [-0.3, -0.25) is 9.59 Å². The highest BCUT2D eigenvalue weighted by molar-refractivity contribution is 5.88. The van der Waals surface area contributed by atoms with E-state index in [9.17, 15) is 14.4 Å². The molecule has 3 aromatic rings. The molecule has 0 saturated carbocycles. The van der Waals surface area contributed by atoms with Gasteiger partial charge in [0.15, 0.2) is 0 Å². The molecule has 1 aromatic heterocycles. The minimum Gasteiger partial charge on any atom is -0.459 e. The van der Waals surface area contributed by atoms with Crippen LogP contribution >= 0.6 is 0 Å². The third-order valence-electron chi connectivity index (χ3n) is 9.91. The molecule has 0 radical (unpaired) electrons. The number of H-pyrrole nitrogens is 1. The first-order valence-electron chi connectivity index (χ1n) is 16.6. The topological polar surface area (TPSA) is 110 Å². The Hall–Kier alpha value is -3.69. The molecule has 2 heterocycles. The number of carbonyl (C=O) groups is 3. The van der Waals surface area contributed by atoms with Gasteiger partial charge in [-0.05, 0) is 41.9 Å². The smallest absolute Gasteiger partial charge is 0.329 e. The van der Waals surface area contributed by atoms with E-state index in [0.29, 0.717) is 12.5 Å². The highest BCUT2D eigenvalue weighted by atomic mass is 16.5. The van der Waals surface area contributed by atoms with Crippen molar-refractivity contribution >= 4 is 28.7 Å². The Labute approximate surface area is 273 Å². The average Bonchev–Trinajstić information content (AvgIpc) is 3.73. The van der Waals surface area contributed by atoms with Crippen LogP contribution in [0.2, 0.25) is 0 Å². The summed E-state index contributed by atoms with van der Waals surface area (Å²) in [5, 5.41) is 3.97. The molecule has 2 aromatic carbocycles. The van der Waals surface area contributed by atoms with E-state index in [1.54, 1.807) is 21.1 Å². The van der Waals surface area contributed by atoms with Crippen molar-refractivity contribution in [2.24, 2.45) is 17.8 Å². The van der Waals surface area contributed by atoms with Crippen molar-refractivity contribution in [2.75, 3.05) is 20.8 Å². The van der Waals surface area contributed by atoms with E-state index in [2.05, 4.69) is 31.1 Å². The number of nitrogens with one attached hydrogen (secondary N) is 2. The molecule has 0 aliphatic carbocycles. The summed E-state index contributed by atoms with van der Waals surface area (Å²) in [4.78, 5) is 46.1. The molecule has 5 unspecified atom stereocenters. The highest BCUT2D eigenvalue weighted by Gasteiger charge is 2.41. The van der Waals surface area contributed by atoms with Crippen LogP contribution in [-0.2, 0) is 41.6 Å². The van der Waals surface area contributed by atoms with Gasteiger partial charge in [-0.1, -0.05) is 82.6 Å². The molecule has 1 aliphatic heterocycles. The van der Waals surface area contributed by atoms with E-state index in [0.717, 1.165) is 41.3 Å². The van der Waals surface area contributed by atoms with Crippen molar-refractivity contribution in [3.8, 4) is 0 Å². The number of carbonyl (C=O) groups excluding carboxylic acids is 3. The number of hydrogen-bond acceptors (Lipinski definition) is 6. The maximum atomic E-state index is 13.8. The lowest BCUT2D eigenvalue weighted by atomic mass is 9.87. The minimum atomic E-state index is -0.916. The molecule has 4 rings (SSSR count). The number of rotatable bonds is 16. The predicted molar refractivity (Wildman–Crippen MR) is 179 cm³/mol. The third-order valence-corrected chi connectivity index (χ3v) is 9.91. The Bertz CT molecular complexity index is 1420. The van der Waals surface area contributed by atoms with E-state index < -0.39 is 24.0 Å². The number of amides is 2. The van der Waals surface area contributed by atoms with Gasteiger partial charge >= 0.3 is 5.97 Å². The molecule has 0 bridgehead atoms. The van der Waals surface area contributed by atoms with Gasteiger partial charge in [-0.25, -0.2) is 4.79 Å². The zero-order valence-electron chi connectivity index (χ0n) is 28.2. The molecule has 1 fully saturated rings. The molecule has 2 N–H and O–H groups in total. The molecule has 46 heavy (non-hydrogen) atoms. The first-order chi connectivity index (χ1) is 22.2. The number of ether oxygens (including phenoxy) is 3. The Kier molecular flexibility index (Phi) is 12.8. The molecule has 9 nitrogen and oxygen atoms in total. The summed E-state index contributed by atoms with van der Waals surface area (Å²) >= 11 is 0. The van der Waals surface area contributed by atoms with Gasteiger partial charge in [-0.15, -0.1) is 0 Å². The van der Waals surface area contributed by atoms with Gasteiger partial charge in [0.2, 0.25) is 11.8 Å². The van der Waals surface area contributed by atoms with Crippen LogP contribution in [0.15, 0.2) is 60.8 Å². The molecule has 7 atom stereocenters.